The van der Waals surface area contributed by atoms with Crippen LogP contribution in [0.2, 0.25) is 0 Å². The Morgan fingerprint density at radius 2 is 1.75 bits per heavy atom. The Morgan fingerprint density at radius 3 is 2.50 bits per heavy atom. The van der Waals surface area contributed by atoms with E-state index < -0.39 is 0 Å². The number of Topliss-reactive ketones (excluding diaryl/α,β-unsaturated/α-hetero) is 1. The molecule has 4 nitrogen and oxygen atoms in total. The van der Waals surface area contributed by atoms with Crippen molar-refractivity contribution in [3.63, 3.8) is 0 Å². The monoisotopic (exact) mass is 326 g/mol. The van der Waals surface area contributed by atoms with E-state index in [-0.39, 0.29) is 11.8 Å². The van der Waals surface area contributed by atoms with Crippen molar-refractivity contribution >= 4 is 22.5 Å². The van der Waals surface area contributed by atoms with E-state index in [2.05, 4.69) is 11.3 Å². The first-order valence-corrected chi connectivity index (χ1v) is 8.01. The van der Waals surface area contributed by atoms with Crippen LogP contribution in [0, 0.1) is 0 Å². The summed E-state index contributed by atoms with van der Waals surface area (Å²) in [6.07, 6.45) is 3.83. The van der Waals surface area contributed by atoms with Gasteiger partial charge in [-0.2, -0.15) is 0 Å². The van der Waals surface area contributed by atoms with Gasteiger partial charge < -0.3 is 9.47 Å². The van der Waals surface area contributed by atoms with E-state index in [1.807, 2.05) is 36.4 Å². The van der Waals surface area contributed by atoms with Gasteiger partial charge in [-0.15, -0.1) is 0 Å². The summed E-state index contributed by atoms with van der Waals surface area (Å²) in [4.78, 5) is 23.3. The van der Waals surface area contributed by atoms with E-state index in [1.54, 1.807) is 6.08 Å². The van der Waals surface area contributed by atoms with Gasteiger partial charge in [0.05, 0.1) is 7.11 Å². The molecule has 0 aliphatic carbocycles. The number of unbranched alkanes of at least 4 members (excludes halogenated alkanes) is 1. The molecule has 0 heterocycles. The third kappa shape index (κ3) is 4.95. The zero-order valence-electron chi connectivity index (χ0n) is 13.9. The molecule has 0 bridgehead atoms. The van der Waals surface area contributed by atoms with Gasteiger partial charge in [-0.1, -0.05) is 30.9 Å². The molecule has 0 saturated carbocycles. The molecule has 0 aromatic heterocycles. The Kier molecular flexibility index (Phi) is 6.55. The minimum atomic E-state index is -0.234. The minimum Gasteiger partial charge on any atom is -0.490 e. The number of benzene rings is 2. The Balaban J connectivity index is 1.98. The summed E-state index contributed by atoms with van der Waals surface area (Å²) >= 11 is 0. The van der Waals surface area contributed by atoms with Gasteiger partial charge in [-0.25, -0.2) is 0 Å². The fourth-order valence-corrected chi connectivity index (χ4v) is 2.44. The summed E-state index contributed by atoms with van der Waals surface area (Å²) in [7, 11) is 1.37. The molecule has 0 saturated heterocycles. The molecule has 0 amide bonds. The highest BCUT2D eigenvalue weighted by atomic mass is 16.5. The van der Waals surface area contributed by atoms with Crippen LogP contribution >= 0.6 is 0 Å². The van der Waals surface area contributed by atoms with Crippen molar-refractivity contribution in [1.82, 2.24) is 0 Å². The standard InChI is InChI=1S/C20H22O4/c1-3-12-24-18-11-10-15-13-17(9-8-16(15)14-18)19(21)6-4-5-7-20(22)23-2/h3,8-11,13-14H,1,4-7,12H2,2H3. The van der Waals surface area contributed by atoms with Crippen LogP contribution in [0.3, 0.4) is 0 Å². The van der Waals surface area contributed by atoms with Crippen LogP contribution in [0.1, 0.15) is 36.0 Å². The number of hydrogen-bond acceptors (Lipinski definition) is 4. The predicted molar refractivity (Wildman–Crippen MR) is 94.5 cm³/mol. The number of fused-ring (bicyclic) bond motifs is 1. The highest BCUT2D eigenvalue weighted by Gasteiger charge is 2.08. The molecule has 2 rings (SSSR count). The van der Waals surface area contributed by atoms with Crippen LogP contribution in [0.5, 0.6) is 5.75 Å². The molecule has 0 spiro atoms. The van der Waals surface area contributed by atoms with Crippen molar-refractivity contribution in [1.29, 1.82) is 0 Å². The zero-order valence-corrected chi connectivity index (χ0v) is 13.9. The first kappa shape index (κ1) is 17.7. The van der Waals surface area contributed by atoms with Gasteiger partial charge in [0.2, 0.25) is 0 Å². The average molecular weight is 326 g/mol. The fourth-order valence-electron chi connectivity index (χ4n) is 2.44. The number of esters is 1. The molecule has 0 aliphatic rings. The summed E-state index contributed by atoms with van der Waals surface area (Å²) in [6, 6.07) is 11.4. The molecule has 0 N–H and O–H groups in total. The smallest absolute Gasteiger partial charge is 0.305 e. The molecule has 126 valence electrons. The average Bonchev–Trinajstić information content (AvgIpc) is 2.62. The van der Waals surface area contributed by atoms with Crippen molar-refractivity contribution in [3.8, 4) is 5.75 Å². The molecular formula is C20H22O4. The minimum absolute atomic E-state index is 0.0914. The molecule has 2 aromatic carbocycles. The van der Waals surface area contributed by atoms with Gasteiger partial charge in [0.25, 0.3) is 0 Å². The molecule has 24 heavy (non-hydrogen) atoms. The highest BCUT2D eigenvalue weighted by molar-refractivity contribution is 6.00. The summed E-state index contributed by atoms with van der Waals surface area (Å²) in [5, 5.41) is 2.03. The summed E-state index contributed by atoms with van der Waals surface area (Å²) in [5.74, 6) is 0.640. The third-order valence-corrected chi connectivity index (χ3v) is 3.76. The van der Waals surface area contributed by atoms with E-state index in [0.29, 0.717) is 37.9 Å². The summed E-state index contributed by atoms with van der Waals surface area (Å²) in [6.45, 7) is 4.09. The number of ketones is 1. The Hall–Kier alpha value is -2.62. The van der Waals surface area contributed by atoms with Gasteiger partial charge in [0.1, 0.15) is 12.4 Å². The first-order chi connectivity index (χ1) is 11.6. The highest BCUT2D eigenvalue weighted by Crippen LogP contribution is 2.23. The summed E-state index contributed by atoms with van der Waals surface area (Å²) in [5.41, 5.74) is 0.695. The van der Waals surface area contributed by atoms with Crippen LogP contribution < -0.4 is 4.74 Å². The number of ether oxygens (including phenoxy) is 2. The van der Waals surface area contributed by atoms with Gasteiger partial charge in [0.15, 0.2) is 5.78 Å². The number of hydrogen-bond donors (Lipinski definition) is 0. The molecule has 0 atom stereocenters. The lowest BCUT2D eigenvalue weighted by Gasteiger charge is -2.07. The first-order valence-electron chi connectivity index (χ1n) is 8.01. The van der Waals surface area contributed by atoms with Crippen LogP contribution in [-0.2, 0) is 9.53 Å². The zero-order chi connectivity index (χ0) is 17.4. The van der Waals surface area contributed by atoms with Crippen molar-refractivity contribution in [2.75, 3.05) is 13.7 Å². The molecular weight excluding hydrogens is 304 g/mol. The maximum Gasteiger partial charge on any atom is 0.305 e. The lowest BCUT2D eigenvalue weighted by atomic mass is 10.0. The van der Waals surface area contributed by atoms with E-state index in [0.717, 1.165) is 16.5 Å². The third-order valence-electron chi connectivity index (χ3n) is 3.76. The van der Waals surface area contributed by atoms with Crippen LogP contribution in [0.25, 0.3) is 10.8 Å². The number of carbonyl (C=O) groups excluding carboxylic acids is 2. The quantitative estimate of drug-likeness (QED) is 0.298. The normalized spacial score (nSPS) is 10.4. The Morgan fingerprint density at radius 1 is 1.04 bits per heavy atom. The van der Waals surface area contributed by atoms with E-state index in [1.165, 1.54) is 7.11 Å². The molecule has 0 radical (unpaired) electrons. The second-order valence-electron chi connectivity index (χ2n) is 5.53. The molecule has 4 heteroatoms. The SMILES string of the molecule is C=CCOc1ccc2cc(C(=O)CCCCC(=O)OC)ccc2c1. The lowest BCUT2D eigenvalue weighted by molar-refractivity contribution is -0.140. The van der Waals surface area contributed by atoms with Gasteiger partial charge in [-0.3, -0.25) is 9.59 Å². The second-order valence-corrected chi connectivity index (χ2v) is 5.53. The van der Waals surface area contributed by atoms with Gasteiger partial charge in [0, 0.05) is 18.4 Å². The number of rotatable bonds is 9. The van der Waals surface area contributed by atoms with Crippen molar-refractivity contribution < 1.29 is 19.1 Å². The van der Waals surface area contributed by atoms with Crippen LogP contribution in [0.15, 0.2) is 49.1 Å². The van der Waals surface area contributed by atoms with Crippen molar-refractivity contribution in [2.45, 2.75) is 25.7 Å². The van der Waals surface area contributed by atoms with Crippen LogP contribution in [0.4, 0.5) is 0 Å². The number of carbonyl (C=O) groups is 2. The van der Waals surface area contributed by atoms with E-state index in [4.69, 9.17) is 4.74 Å². The summed E-state index contributed by atoms with van der Waals surface area (Å²) < 4.78 is 10.1. The maximum absolute atomic E-state index is 12.3. The molecule has 2 aromatic rings. The topological polar surface area (TPSA) is 52.6 Å². The molecule has 0 fully saturated rings. The Bertz CT molecular complexity index is 733. The molecule has 0 unspecified atom stereocenters. The largest absolute Gasteiger partial charge is 0.490 e. The number of methoxy groups -OCH3 is 1. The predicted octanol–water partition coefficient (Wildman–Crippen LogP) is 4.32. The van der Waals surface area contributed by atoms with E-state index >= 15 is 0 Å². The van der Waals surface area contributed by atoms with Crippen LogP contribution in [-0.4, -0.2) is 25.5 Å². The fraction of sp³-hybridized carbons (Fsp3) is 0.300. The maximum atomic E-state index is 12.3. The lowest BCUT2D eigenvalue weighted by Crippen LogP contribution is -2.02. The van der Waals surface area contributed by atoms with Gasteiger partial charge >= 0.3 is 5.97 Å². The molecule has 0 aliphatic heterocycles. The van der Waals surface area contributed by atoms with E-state index in [9.17, 15) is 9.59 Å². The Labute approximate surface area is 142 Å². The van der Waals surface area contributed by atoms with Gasteiger partial charge in [-0.05, 0) is 41.8 Å². The second kappa shape index (κ2) is 8.87. The van der Waals surface area contributed by atoms with Crippen molar-refractivity contribution in [2.24, 2.45) is 0 Å². The van der Waals surface area contributed by atoms with Crippen molar-refractivity contribution in [3.05, 3.63) is 54.6 Å².